The Hall–Kier alpha value is -1.56. The van der Waals surface area contributed by atoms with Crippen molar-refractivity contribution >= 4 is 16.1 Å². The van der Waals surface area contributed by atoms with Gasteiger partial charge in [-0.05, 0) is 19.4 Å². The number of sulfonamides is 1. The third-order valence-electron chi connectivity index (χ3n) is 2.99. The van der Waals surface area contributed by atoms with Crippen LogP contribution in [-0.2, 0) is 19.5 Å². The second-order valence-electron chi connectivity index (χ2n) is 4.55. The Labute approximate surface area is 106 Å². The lowest BCUT2D eigenvalue weighted by Gasteiger charge is -2.35. The summed E-state index contributed by atoms with van der Waals surface area (Å²) in [6.07, 6.45) is -0.862. The predicted molar refractivity (Wildman–Crippen MR) is 67.7 cm³/mol. The minimum absolute atomic E-state index is 0.219. The van der Waals surface area contributed by atoms with Crippen LogP contribution in [0, 0.1) is 0 Å². The maximum atomic E-state index is 12.1. The third-order valence-corrected chi connectivity index (χ3v) is 4.92. The molecule has 6 heteroatoms. The molecule has 1 heterocycles. The van der Waals surface area contributed by atoms with E-state index in [1.807, 2.05) is 30.3 Å². The largest absolute Gasteiger partial charge is 0.453 e. The zero-order valence-corrected chi connectivity index (χ0v) is 11.3. The quantitative estimate of drug-likeness (QED) is 0.780. The van der Waals surface area contributed by atoms with Crippen LogP contribution in [0.2, 0.25) is 0 Å². The summed E-state index contributed by atoms with van der Waals surface area (Å²) >= 11 is 0. The first-order valence-corrected chi connectivity index (χ1v) is 6.92. The molecule has 1 aliphatic rings. The highest BCUT2D eigenvalue weighted by Crippen LogP contribution is 2.39. The first-order chi connectivity index (χ1) is 8.38. The maximum Gasteiger partial charge on any atom is 0.399 e. The number of rotatable bonds is 1. The maximum absolute atomic E-state index is 12.1. The summed E-state index contributed by atoms with van der Waals surface area (Å²) in [5.41, 5.74) is 0.774. The first kappa shape index (κ1) is 12.9. The van der Waals surface area contributed by atoms with Gasteiger partial charge in [0.05, 0.1) is 7.11 Å². The Morgan fingerprint density at radius 1 is 1.28 bits per heavy atom. The molecule has 2 rings (SSSR count). The molecule has 1 aromatic rings. The van der Waals surface area contributed by atoms with E-state index in [2.05, 4.69) is 4.40 Å². The molecule has 0 aromatic heterocycles. The van der Waals surface area contributed by atoms with Gasteiger partial charge in [0.25, 0.3) is 10.0 Å². The van der Waals surface area contributed by atoms with E-state index in [1.165, 1.54) is 7.11 Å². The summed E-state index contributed by atoms with van der Waals surface area (Å²) in [6.45, 7) is 3.19. The van der Waals surface area contributed by atoms with Gasteiger partial charge < -0.3 is 9.47 Å². The summed E-state index contributed by atoms with van der Waals surface area (Å²) in [7, 11) is -2.35. The summed E-state index contributed by atoms with van der Waals surface area (Å²) < 4.78 is 36.9. The Bertz CT molecular complexity index is 563. The van der Waals surface area contributed by atoms with Gasteiger partial charge in [0, 0.05) is 0 Å². The SMILES string of the molecule is COC1=NS(=O)(=O)C(C)(C)[C@@H](c2ccccc2)O1. The van der Waals surface area contributed by atoms with Gasteiger partial charge in [0.2, 0.25) is 0 Å². The van der Waals surface area contributed by atoms with E-state index >= 15 is 0 Å². The fourth-order valence-corrected chi connectivity index (χ4v) is 2.80. The second-order valence-corrected chi connectivity index (χ2v) is 6.73. The average Bonchev–Trinajstić information content (AvgIpc) is 2.33. The fraction of sp³-hybridized carbons (Fsp3) is 0.417. The molecule has 1 aliphatic heterocycles. The monoisotopic (exact) mass is 269 g/mol. The molecule has 0 fully saturated rings. The van der Waals surface area contributed by atoms with E-state index in [-0.39, 0.29) is 6.08 Å². The number of methoxy groups -OCH3 is 1. The van der Waals surface area contributed by atoms with Gasteiger partial charge in [-0.25, -0.2) is 8.42 Å². The summed E-state index contributed by atoms with van der Waals surface area (Å²) in [6, 6.07) is 9.17. The van der Waals surface area contributed by atoms with Crippen molar-refractivity contribution in [1.29, 1.82) is 0 Å². The predicted octanol–water partition coefficient (Wildman–Crippen LogP) is 1.87. The molecule has 98 valence electrons. The second kappa shape index (κ2) is 4.28. The summed E-state index contributed by atoms with van der Waals surface area (Å²) in [5, 5.41) is 0. The highest BCUT2D eigenvalue weighted by molar-refractivity contribution is 7.91. The van der Waals surface area contributed by atoms with Gasteiger partial charge in [-0.2, -0.15) is 0 Å². The summed E-state index contributed by atoms with van der Waals surface area (Å²) in [4.78, 5) is 0. The third kappa shape index (κ3) is 1.96. The van der Waals surface area contributed by atoms with Crippen molar-refractivity contribution < 1.29 is 17.9 Å². The standard InChI is InChI=1S/C12H15NO4S/c1-12(2)10(9-7-5-4-6-8-9)17-11(16-3)13-18(12,14)15/h4-8,10H,1-3H3/t10-/m1/s1. The Morgan fingerprint density at radius 3 is 2.44 bits per heavy atom. The van der Waals surface area contributed by atoms with Crippen molar-refractivity contribution in [1.82, 2.24) is 0 Å². The van der Waals surface area contributed by atoms with Gasteiger partial charge in [-0.1, -0.05) is 34.7 Å². The van der Waals surface area contributed by atoms with Crippen LogP contribution in [0.1, 0.15) is 25.5 Å². The van der Waals surface area contributed by atoms with E-state index in [1.54, 1.807) is 13.8 Å². The van der Waals surface area contributed by atoms with Crippen molar-refractivity contribution in [3.05, 3.63) is 35.9 Å². The smallest absolute Gasteiger partial charge is 0.399 e. The molecule has 0 amide bonds. The summed E-state index contributed by atoms with van der Waals surface area (Å²) in [5.74, 6) is 0. The molecular weight excluding hydrogens is 254 g/mol. The van der Waals surface area contributed by atoms with E-state index in [9.17, 15) is 8.42 Å². The number of hydrogen-bond donors (Lipinski definition) is 0. The molecule has 0 radical (unpaired) electrons. The van der Waals surface area contributed by atoms with E-state index < -0.39 is 20.9 Å². The van der Waals surface area contributed by atoms with E-state index in [0.717, 1.165) is 5.56 Å². The van der Waals surface area contributed by atoms with Crippen LogP contribution in [0.15, 0.2) is 34.7 Å². The van der Waals surface area contributed by atoms with Crippen molar-refractivity contribution in [3.63, 3.8) is 0 Å². The highest BCUT2D eigenvalue weighted by Gasteiger charge is 2.49. The minimum atomic E-state index is -3.68. The molecule has 5 nitrogen and oxygen atoms in total. The van der Waals surface area contributed by atoms with Crippen LogP contribution in [0.4, 0.5) is 0 Å². The fourth-order valence-electron chi connectivity index (χ4n) is 1.80. The molecular formula is C12H15NO4S. The number of hydrogen-bond acceptors (Lipinski definition) is 4. The lowest BCUT2D eigenvalue weighted by atomic mass is 9.98. The normalized spacial score (nSPS) is 24.8. The zero-order chi connectivity index (χ0) is 13.4. The lowest BCUT2D eigenvalue weighted by molar-refractivity contribution is 0.0937. The van der Waals surface area contributed by atoms with Crippen molar-refractivity contribution in [2.24, 2.45) is 4.40 Å². The van der Waals surface area contributed by atoms with Crippen LogP contribution < -0.4 is 0 Å². The van der Waals surface area contributed by atoms with Crippen LogP contribution in [-0.4, -0.2) is 26.4 Å². The van der Waals surface area contributed by atoms with Crippen LogP contribution in [0.3, 0.4) is 0 Å². The van der Waals surface area contributed by atoms with Gasteiger partial charge in [0.15, 0.2) is 0 Å². The van der Waals surface area contributed by atoms with E-state index in [4.69, 9.17) is 9.47 Å². The zero-order valence-electron chi connectivity index (χ0n) is 10.5. The van der Waals surface area contributed by atoms with Crippen molar-refractivity contribution in [3.8, 4) is 0 Å². The molecule has 1 aromatic carbocycles. The van der Waals surface area contributed by atoms with Gasteiger partial charge in [0.1, 0.15) is 10.9 Å². The van der Waals surface area contributed by atoms with Gasteiger partial charge >= 0.3 is 6.08 Å². The van der Waals surface area contributed by atoms with Crippen LogP contribution >= 0.6 is 0 Å². The molecule has 18 heavy (non-hydrogen) atoms. The Balaban J connectivity index is 2.53. The van der Waals surface area contributed by atoms with Crippen molar-refractivity contribution in [2.75, 3.05) is 7.11 Å². The molecule has 0 saturated heterocycles. The van der Waals surface area contributed by atoms with Crippen LogP contribution in [0.25, 0.3) is 0 Å². The van der Waals surface area contributed by atoms with Gasteiger partial charge in [-0.15, -0.1) is 0 Å². The molecule has 0 N–H and O–H groups in total. The number of ether oxygens (including phenoxy) is 2. The molecule has 0 saturated carbocycles. The molecule has 0 unspecified atom stereocenters. The molecule has 1 atom stereocenters. The molecule has 0 bridgehead atoms. The van der Waals surface area contributed by atoms with Crippen LogP contribution in [0.5, 0.6) is 0 Å². The van der Waals surface area contributed by atoms with E-state index in [0.29, 0.717) is 0 Å². The van der Waals surface area contributed by atoms with Crippen molar-refractivity contribution in [2.45, 2.75) is 24.7 Å². The number of nitrogens with zero attached hydrogens (tertiary/aromatic N) is 1. The lowest BCUT2D eigenvalue weighted by Crippen LogP contribution is -2.44. The average molecular weight is 269 g/mol. The topological polar surface area (TPSA) is 65.0 Å². The minimum Gasteiger partial charge on any atom is -0.453 e. The van der Waals surface area contributed by atoms with Gasteiger partial charge in [-0.3, -0.25) is 0 Å². The number of benzene rings is 1. The Kier molecular flexibility index (Phi) is 3.06. The Morgan fingerprint density at radius 2 is 1.89 bits per heavy atom. The first-order valence-electron chi connectivity index (χ1n) is 5.48. The molecule has 0 aliphatic carbocycles. The molecule has 0 spiro atoms. The highest BCUT2D eigenvalue weighted by atomic mass is 32.2.